The van der Waals surface area contributed by atoms with E-state index in [9.17, 15) is 19.5 Å². The van der Waals surface area contributed by atoms with Gasteiger partial charge < -0.3 is 15.2 Å². The molecule has 1 fully saturated rings. The topological polar surface area (TPSA) is 120 Å². The van der Waals surface area contributed by atoms with Crippen LogP contribution in [0.1, 0.15) is 31.9 Å². The zero-order chi connectivity index (χ0) is 23.5. The standard InChI is InChI=1S/C24H25N3O5/c1-23(2,3)24(21(29)30,13-16-7-5-4-6-8-16)26-20(28)19-15-27(22(31)32-19)18-11-9-17(14-25)10-12-18/h4-12,19H,13,15H2,1-3H3,(H,26,28)(H,29,30)/t19?,24-/m0/s1. The second-order valence-electron chi connectivity index (χ2n) is 8.75. The van der Waals surface area contributed by atoms with Crippen molar-refractivity contribution in [1.29, 1.82) is 5.26 Å². The number of cyclic esters (lactones) is 1. The number of carbonyl (C=O) groups excluding carboxylic acids is 2. The quantitative estimate of drug-likeness (QED) is 0.719. The van der Waals surface area contributed by atoms with Crippen molar-refractivity contribution in [3.8, 4) is 6.07 Å². The maximum Gasteiger partial charge on any atom is 0.415 e. The normalized spacial score (nSPS) is 17.8. The van der Waals surface area contributed by atoms with Gasteiger partial charge in [0.05, 0.1) is 18.2 Å². The molecule has 0 spiro atoms. The van der Waals surface area contributed by atoms with E-state index in [1.165, 1.54) is 4.90 Å². The molecule has 2 N–H and O–H groups in total. The number of amides is 2. The van der Waals surface area contributed by atoms with Gasteiger partial charge in [0.2, 0.25) is 0 Å². The molecule has 0 saturated carbocycles. The lowest BCUT2D eigenvalue weighted by Gasteiger charge is -2.42. The van der Waals surface area contributed by atoms with E-state index >= 15 is 0 Å². The Bertz CT molecular complexity index is 1050. The first-order valence-electron chi connectivity index (χ1n) is 10.1. The van der Waals surface area contributed by atoms with E-state index in [1.807, 2.05) is 12.1 Å². The Morgan fingerprint density at radius 1 is 1.16 bits per heavy atom. The summed E-state index contributed by atoms with van der Waals surface area (Å²) in [5.41, 5.74) is -0.797. The van der Waals surface area contributed by atoms with Crippen molar-refractivity contribution in [2.45, 2.75) is 38.8 Å². The van der Waals surface area contributed by atoms with Crippen molar-refractivity contribution in [2.24, 2.45) is 5.41 Å². The molecular formula is C24H25N3O5. The fourth-order valence-electron chi connectivity index (χ4n) is 3.67. The van der Waals surface area contributed by atoms with Crippen molar-refractivity contribution in [2.75, 3.05) is 11.4 Å². The van der Waals surface area contributed by atoms with Crippen molar-refractivity contribution in [3.63, 3.8) is 0 Å². The van der Waals surface area contributed by atoms with Crippen LogP contribution in [0.3, 0.4) is 0 Å². The lowest BCUT2D eigenvalue weighted by atomic mass is 9.70. The van der Waals surface area contributed by atoms with Crippen LogP contribution in [-0.2, 0) is 20.7 Å². The molecule has 2 amide bonds. The number of hydrogen-bond donors (Lipinski definition) is 2. The molecule has 2 atom stereocenters. The number of nitrogens with one attached hydrogen (secondary N) is 1. The van der Waals surface area contributed by atoms with Crippen LogP contribution in [0, 0.1) is 16.7 Å². The number of nitriles is 1. The Morgan fingerprint density at radius 3 is 2.31 bits per heavy atom. The van der Waals surface area contributed by atoms with Gasteiger partial charge in [-0.15, -0.1) is 0 Å². The molecular weight excluding hydrogens is 410 g/mol. The van der Waals surface area contributed by atoms with Gasteiger partial charge in [-0.3, -0.25) is 9.69 Å². The fraction of sp³-hybridized carbons (Fsp3) is 0.333. The number of hydrogen-bond acceptors (Lipinski definition) is 5. The lowest BCUT2D eigenvalue weighted by Crippen LogP contribution is -2.65. The molecule has 1 aliphatic rings. The summed E-state index contributed by atoms with van der Waals surface area (Å²) in [6, 6.07) is 17.3. The maximum absolute atomic E-state index is 13.1. The van der Waals surface area contributed by atoms with Gasteiger partial charge in [-0.05, 0) is 35.2 Å². The van der Waals surface area contributed by atoms with Gasteiger partial charge in [0.15, 0.2) is 6.10 Å². The molecule has 8 nitrogen and oxygen atoms in total. The summed E-state index contributed by atoms with van der Waals surface area (Å²) >= 11 is 0. The highest BCUT2D eigenvalue weighted by atomic mass is 16.6. The van der Waals surface area contributed by atoms with Gasteiger partial charge >= 0.3 is 12.1 Å². The summed E-state index contributed by atoms with van der Waals surface area (Å²) < 4.78 is 5.25. The van der Waals surface area contributed by atoms with Crippen LogP contribution in [0.25, 0.3) is 0 Å². The average molecular weight is 435 g/mol. The molecule has 0 bridgehead atoms. The van der Waals surface area contributed by atoms with E-state index in [2.05, 4.69) is 5.32 Å². The zero-order valence-corrected chi connectivity index (χ0v) is 18.2. The third kappa shape index (κ3) is 4.42. The van der Waals surface area contributed by atoms with E-state index in [0.717, 1.165) is 5.56 Å². The SMILES string of the molecule is CC(C)(C)[C@@](Cc1ccccc1)(NC(=O)C1CN(c2ccc(C#N)cc2)C(=O)O1)C(=O)O. The Labute approximate surface area is 186 Å². The van der Waals surface area contributed by atoms with Crippen LogP contribution >= 0.6 is 0 Å². The van der Waals surface area contributed by atoms with Gasteiger partial charge in [-0.2, -0.15) is 5.26 Å². The lowest BCUT2D eigenvalue weighted by molar-refractivity contribution is -0.154. The van der Waals surface area contributed by atoms with E-state index in [4.69, 9.17) is 10.00 Å². The Morgan fingerprint density at radius 2 is 1.78 bits per heavy atom. The largest absolute Gasteiger partial charge is 0.479 e. The number of nitrogens with zero attached hydrogens (tertiary/aromatic N) is 2. The third-order valence-corrected chi connectivity index (χ3v) is 5.71. The number of anilines is 1. The van der Waals surface area contributed by atoms with E-state index in [-0.39, 0.29) is 13.0 Å². The monoisotopic (exact) mass is 435 g/mol. The van der Waals surface area contributed by atoms with Gasteiger partial charge in [-0.25, -0.2) is 9.59 Å². The number of ether oxygens (including phenoxy) is 1. The highest BCUT2D eigenvalue weighted by Gasteiger charge is 2.52. The molecule has 0 aliphatic carbocycles. The van der Waals surface area contributed by atoms with Crippen molar-refractivity contribution >= 4 is 23.7 Å². The molecule has 1 aliphatic heterocycles. The summed E-state index contributed by atoms with van der Waals surface area (Å²) in [5.74, 6) is -1.85. The Balaban J connectivity index is 1.84. The Hall–Kier alpha value is -3.86. The minimum absolute atomic E-state index is 0.0677. The van der Waals surface area contributed by atoms with Crippen LogP contribution in [0.15, 0.2) is 54.6 Å². The molecule has 32 heavy (non-hydrogen) atoms. The van der Waals surface area contributed by atoms with Crippen molar-refractivity contribution in [3.05, 3.63) is 65.7 Å². The predicted octanol–water partition coefficient (Wildman–Crippen LogP) is 3.11. The first kappa shape index (κ1) is 22.8. The highest BCUT2D eigenvalue weighted by Crippen LogP contribution is 2.35. The first-order valence-corrected chi connectivity index (χ1v) is 10.1. The highest BCUT2D eigenvalue weighted by molar-refractivity contribution is 5.97. The van der Waals surface area contributed by atoms with Gasteiger partial charge in [0, 0.05) is 12.1 Å². The molecule has 8 heteroatoms. The van der Waals surface area contributed by atoms with Gasteiger partial charge in [0.25, 0.3) is 5.91 Å². The smallest absolute Gasteiger partial charge is 0.415 e. The molecule has 166 valence electrons. The number of aliphatic carboxylic acids is 1. The molecule has 0 aromatic heterocycles. The molecule has 3 rings (SSSR count). The first-order chi connectivity index (χ1) is 15.1. The summed E-state index contributed by atoms with van der Waals surface area (Å²) in [5, 5.41) is 21.8. The second-order valence-corrected chi connectivity index (χ2v) is 8.75. The van der Waals surface area contributed by atoms with Crippen molar-refractivity contribution in [1.82, 2.24) is 5.32 Å². The summed E-state index contributed by atoms with van der Waals surface area (Å²) in [4.78, 5) is 39.2. The number of carbonyl (C=O) groups is 3. The molecule has 1 saturated heterocycles. The van der Waals surface area contributed by atoms with Crippen LogP contribution in [0.2, 0.25) is 0 Å². The summed E-state index contributed by atoms with van der Waals surface area (Å²) in [6.45, 7) is 5.16. The predicted molar refractivity (Wildman–Crippen MR) is 117 cm³/mol. The van der Waals surface area contributed by atoms with E-state index < -0.39 is 35.0 Å². The van der Waals surface area contributed by atoms with Gasteiger partial charge in [-0.1, -0.05) is 51.1 Å². The van der Waals surface area contributed by atoms with Crippen LogP contribution < -0.4 is 10.2 Å². The number of carboxylic acids is 1. The molecule has 1 unspecified atom stereocenters. The molecule has 1 heterocycles. The number of benzene rings is 2. The van der Waals surface area contributed by atoms with Crippen LogP contribution in [0.4, 0.5) is 10.5 Å². The fourth-order valence-corrected chi connectivity index (χ4v) is 3.67. The molecule has 2 aromatic carbocycles. The van der Waals surface area contributed by atoms with Crippen LogP contribution in [-0.4, -0.2) is 41.3 Å². The van der Waals surface area contributed by atoms with E-state index in [0.29, 0.717) is 11.3 Å². The van der Waals surface area contributed by atoms with Gasteiger partial charge in [0.1, 0.15) is 5.54 Å². The summed E-state index contributed by atoms with van der Waals surface area (Å²) in [7, 11) is 0. The summed E-state index contributed by atoms with van der Waals surface area (Å²) in [6.07, 6.45) is -1.82. The maximum atomic E-state index is 13.1. The third-order valence-electron chi connectivity index (χ3n) is 5.71. The van der Waals surface area contributed by atoms with Crippen molar-refractivity contribution < 1.29 is 24.2 Å². The minimum Gasteiger partial charge on any atom is -0.479 e. The Kier molecular flexibility index (Phi) is 6.21. The zero-order valence-electron chi connectivity index (χ0n) is 18.2. The molecule has 2 aromatic rings. The number of carboxylic acid groups (broad SMARTS) is 1. The second kappa shape index (κ2) is 8.71. The average Bonchev–Trinajstić information content (AvgIpc) is 3.14. The van der Waals surface area contributed by atoms with E-state index in [1.54, 1.807) is 69.3 Å². The minimum atomic E-state index is -1.63. The number of rotatable bonds is 6. The van der Waals surface area contributed by atoms with Crippen LogP contribution in [0.5, 0.6) is 0 Å². The molecule has 0 radical (unpaired) electrons.